The van der Waals surface area contributed by atoms with Crippen LogP contribution in [0.3, 0.4) is 0 Å². The Labute approximate surface area is 109 Å². The summed E-state index contributed by atoms with van der Waals surface area (Å²) in [6, 6.07) is 3.99. The van der Waals surface area contributed by atoms with Crippen LogP contribution in [-0.4, -0.2) is 15.9 Å². The number of hydrogen-bond acceptors (Lipinski definition) is 5. The Kier molecular flexibility index (Phi) is 3.94. The number of benzene rings is 1. The van der Waals surface area contributed by atoms with Crippen LogP contribution in [0.25, 0.3) is 0 Å². The molecular formula is C12H15N3O4. The van der Waals surface area contributed by atoms with E-state index in [1.807, 2.05) is 0 Å². The summed E-state index contributed by atoms with van der Waals surface area (Å²) in [6.07, 6.45) is 5.03. The van der Waals surface area contributed by atoms with Gasteiger partial charge in [0.15, 0.2) is 5.69 Å². The fourth-order valence-electron chi connectivity index (χ4n) is 2.43. The molecule has 0 saturated heterocycles. The van der Waals surface area contributed by atoms with E-state index in [0.29, 0.717) is 0 Å². The Morgan fingerprint density at radius 1 is 1.00 bits per heavy atom. The molecule has 0 spiro atoms. The predicted molar refractivity (Wildman–Crippen MR) is 70.2 cm³/mol. The van der Waals surface area contributed by atoms with Crippen LogP contribution in [0, 0.1) is 20.2 Å². The van der Waals surface area contributed by atoms with Crippen molar-refractivity contribution in [3.05, 3.63) is 38.4 Å². The molecule has 1 aromatic rings. The number of nitrogens with one attached hydrogen (secondary N) is 1. The third-order valence-corrected chi connectivity index (χ3v) is 3.37. The van der Waals surface area contributed by atoms with Gasteiger partial charge in [-0.1, -0.05) is 19.3 Å². The van der Waals surface area contributed by atoms with Gasteiger partial charge in [-0.2, -0.15) is 0 Å². The quantitative estimate of drug-likeness (QED) is 0.665. The van der Waals surface area contributed by atoms with Gasteiger partial charge in [0.2, 0.25) is 0 Å². The van der Waals surface area contributed by atoms with Crippen LogP contribution < -0.4 is 5.32 Å². The summed E-state index contributed by atoms with van der Waals surface area (Å²) < 4.78 is 0. The van der Waals surface area contributed by atoms with Crippen LogP contribution in [-0.2, 0) is 0 Å². The SMILES string of the molecule is O=[N+]([O-])c1cccc([N+](=O)[O-])c1NC1CCCCC1. The molecule has 0 unspecified atom stereocenters. The number of nitro groups is 2. The Morgan fingerprint density at radius 3 is 2.00 bits per heavy atom. The molecule has 1 N–H and O–H groups in total. The first-order chi connectivity index (χ1) is 9.09. The minimum Gasteiger partial charge on any atom is -0.371 e. The molecule has 0 bridgehead atoms. The Hall–Kier alpha value is -2.18. The number of nitro benzene ring substituents is 2. The minimum atomic E-state index is -0.585. The van der Waals surface area contributed by atoms with Crippen LogP contribution in [0.1, 0.15) is 32.1 Å². The second kappa shape index (κ2) is 5.64. The van der Waals surface area contributed by atoms with Gasteiger partial charge in [-0.05, 0) is 18.9 Å². The number of nitrogens with zero attached hydrogens (tertiary/aromatic N) is 2. The zero-order chi connectivity index (χ0) is 13.8. The Balaban J connectivity index is 2.34. The van der Waals surface area contributed by atoms with E-state index in [2.05, 4.69) is 5.32 Å². The predicted octanol–water partition coefficient (Wildman–Crippen LogP) is 3.25. The molecule has 2 rings (SSSR count). The number of anilines is 1. The molecule has 7 heteroatoms. The number of hydrogen-bond donors (Lipinski definition) is 1. The van der Waals surface area contributed by atoms with Gasteiger partial charge in [-0.3, -0.25) is 20.2 Å². The molecule has 0 heterocycles. The largest absolute Gasteiger partial charge is 0.371 e. The first kappa shape index (κ1) is 13.3. The van der Waals surface area contributed by atoms with Gasteiger partial charge in [0.1, 0.15) is 0 Å². The van der Waals surface area contributed by atoms with Crippen molar-refractivity contribution in [1.29, 1.82) is 0 Å². The van der Waals surface area contributed by atoms with Crippen molar-refractivity contribution in [2.45, 2.75) is 38.1 Å². The van der Waals surface area contributed by atoms with E-state index in [9.17, 15) is 20.2 Å². The van der Waals surface area contributed by atoms with Crippen molar-refractivity contribution in [1.82, 2.24) is 0 Å². The van der Waals surface area contributed by atoms with Gasteiger partial charge in [0.25, 0.3) is 11.4 Å². The Bertz CT molecular complexity index is 465. The topological polar surface area (TPSA) is 98.3 Å². The van der Waals surface area contributed by atoms with Crippen molar-refractivity contribution >= 4 is 17.1 Å². The average molecular weight is 265 g/mol. The zero-order valence-corrected chi connectivity index (χ0v) is 10.4. The fraction of sp³-hybridized carbons (Fsp3) is 0.500. The van der Waals surface area contributed by atoms with E-state index in [4.69, 9.17) is 0 Å². The summed E-state index contributed by atoms with van der Waals surface area (Å²) in [7, 11) is 0. The van der Waals surface area contributed by atoms with Crippen molar-refractivity contribution < 1.29 is 9.85 Å². The minimum absolute atomic E-state index is 0.0319. The molecule has 19 heavy (non-hydrogen) atoms. The van der Waals surface area contributed by atoms with Gasteiger partial charge in [-0.25, -0.2) is 0 Å². The van der Waals surface area contributed by atoms with Gasteiger partial charge in [-0.15, -0.1) is 0 Å². The van der Waals surface area contributed by atoms with E-state index >= 15 is 0 Å². The summed E-state index contributed by atoms with van der Waals surface area (Å²) in [5.74, 6) is 0. The molecule has 0 amide bonds. The van der Waals surface area contributed by atoms with Gasteiger partial charge >= 0.3 is 0 Å². The zero-order valence-electron chi connectivity index (χ0n) is 10.4. The van der Waals surface area contributed by atoms with Crippen molar-refractivity contribution in [2.24, 2.45) is 0 Å². The lowest BCUT2D eigenvalue weighted by atomic mass is 9.95. The van der Waals surface area contributed by atoms with Crippen LogP contribution in [0.15, 0.2) is 18.2 Å². The molecular weight excluding hydrogens is 250 g/mol. The van der Waals surface area contributed by atoms with Crippen LogP contribution >= 0.6 is 0 Å². The summed E-state index contributed by atoms with van der Waals surface area (Å²) in [6.45, 7) is 0. The molecule has 1 fully saturated rings. The highest BCUT2D eigenvalue weighted by Gasteiger charge is 2.27. The van der Waals surface area contributed by atoms with E-state index < -0.39 is 9.85 Å². The summed E-state index contributed by atoms with van der Waals surface area (Å²) >= 11 is 0. The molecule has 1 aliphatic carbocycles. The summed E-state index contributed by atoms with van der Waals surface area (Å²) in [4.78, 5) is 20.8. The Morgan fingerprint density at radius 2 is 1.53 bits per heavy atom. The first-order valence-corrected chi connectivity index (χ1v) is 6.28. The third kappa shape index (κ3) is 2.98. The normalized spacial score (nSPS) is 16.0. The van der Waals surface area contributed by atoms with E-state index in [1.165, 1.54) is 18.2 Å². The van der Waals surface area contributed by atoms with Gasteiger partial charge in [0, 0.05) is 18.2 Å². The van der Waals surface area contributed by atoms with Gasteiger partial charge < -0.3 is 5.32 Å². The van der Waals surface area contributed by atoms with E-state index in [0.717, 1.165) is 32.1 Å². The van der Waals surface area contributed by atoms with Crippen LogP contribution in [0.4, 0.5) is 17.1 Å². The highest BCUT2D eigenvalue weighted by atomic mass is 16.6. The molecule has 0 radical (unpaired) electrons. The lowest BCUT2D eigenvalue weighted by Crippen LogP contribution is -2.23. The van der Waals surface area contributed by atoms with E-state index in [-0.39, 0.29) is 23.1 Å². The molecule has 7 nitrogen and oxygen atoms in total. The number of rotatable bonds is 4. The van der Waals surface area contributed by atoms with Gasteiger partial charge in [0.05, 0.1) is 9.85 Å². The first-order valence-electron chi connectivity index (χ1n) is 6.28. The molecule has 102 valence electrons. The van der Waals surface area contributed by atoms with Crippen LogP contribution in [0.2, 0.25) is 0 Å². The highest BCUT2D eigenvalue weighted by Crippen LogP contribution is 2.35. The van der Waals surface area contributed by atoms with Crippen molar-refractivity contribution in [2.75, 3.05) is 5.32 Å². The maximum Gasteiger partial charge on any atom is 0.299 e. The monoisotopic (exact) mass is 265 g/mol. The molecule has 1 saturated carbocycles. The number of para-hydroxylation sites is 1. The van der Waals surface area contributed by atoms with Crippen LogP contribution in [0.5, 0.6) is 0 Å². The average Bonchev–Trinajstić information content (AvgIpc) is 2.39. The van der Waals surface area contributed by atoms with Crippen molar-refractivity contribution in [3.8, 4) is 0 Å². The lowest BCUT2D eigenvalue weighted by Gasteiger charge is -2.23. The summed E-state index contributed by atoms with van der Waals surface area (Å²) in [5.41, 5.74) is -0.441. The maximum atomic E-state index is 11.0. The third-order valence-electron chi connectivity index (χ3n) is 3.37. The molecule has 0 aromatic heterocycles. The molecule has 1 aliphatic rings. The van der Waals surface area contributed by atoms with E-state index in [1.54, 1.807) is 0 Å². The smallest absolute Gasteiger partial charge is 0.299 e. The highest BCUT2D eigenvalue weighted by molar-refractivity contribution is 5.73. The molecule has 0 aliphatic heterocycles. The maximum absolute atomic E-state index is 11.0. The lowest BCUT2D eigenvalue weighted by molar-refractivity contribution is -0.392. The molecule has 0 atom stereocenters. The fourth-order valence-corrected chi connectivity index (χ4v) is 2.43. The second-order valence-electron chi connectivity index (χ2n) is 4.66. The second-order valence-corrected chi connectivity index (χ2v) is 4.66. The standard InChI is InChI=1S/C12H15N3O4/c16-14(17)10-7-4-8-11(15(18)19)12(10)13-9-5-2-1-3-6-9/h4,7-9,13H,1-3,5-6H2. The van der Waals surface area contributed by atoms with Crippen molar-refractivity contribution in [3.63, 3.8) is 0 Å². The summed E-state index contributed by atoms with van der Waals surface area (Å²) in [5, 5.41) is 25.0. The molecule has 1 aromatic carbocycles.